The molecular formula is C84H122F6. The van der Waals surface area contributed by atoms with E-state index in [0.717, 1.165) is 122 Å². The van der Waals surface area contributed by atoms with E-state index in [9.17, 15) is 26.3 Å². The van der Waals surface area contributed by atoms with Crippen molar-refractivity contribution in [3.05, 3.63) is 184 Å². The first kappa shape index (κ1) is 76.1. The van der Waals surface area contributed by atoms with Crippen LogP contribution in [0.2, 0.25) is 0 Å². The van der Waals surface area contributed by atoms with Gasteiger partial charge in [0.2, 0.25) is 0 Å². The first-order valence-corrected chi connectivity index (χ1v) is 35.7. The highest BCUT2D eigenvalue weighted by Crippen LogP contribution is 2.41. The zero-order valence-electron chi connectivity index (χ0n) is 58.2. The van der Waals surface area contributed by atoms with E-state index in [0.29, 0.717) is 55.4 Å². The molecule has 6 heteroatoms. The van der Waals surface area contributed by atoms with Crippen molar-refractivity contribution in [2.75, 3.05) is 33.4 Å². The van der Waals surface area contributed by atoms with Gasteiger partial charge in [-0.1, -0.05) is 261 Å². The molecule has 4 unspecified atom stereocenters. The second kappa shape index (κ2) is 38.6. The van der Waals surface area contributed by atoms with Gasteiger partial charge in [0.05, 0.1) is 33.4 Å². The molecule has 0 aliphatic carbocycles. The molecule has 0 aliphatic rings. The lowest BCUT2D eigenvalue weighted by atomic mass is 9.75. The zero-order chi connectivity index (χ0) is 65.6. The Labute approximate surface area is 546 Å². The van der Waals surface area contributed by atoms with E-state index < -0.39 is 5.83 Å². The fraction of sp³-hybridized carbons (Fsp3) is 0.619. The highest BCUT2D eigenvalue weighted by Gasteiger charge is 2.28. The second-order valence-corrected chi connectivity index (χ2v) is 30.5. The highest BCUT2D eigenvalue weighted by molar-refractivity contribution is 5.57. The Balaban J connectivity index is 1.23. The summed E-state index contributed by atoms with van der Waals surface area (Å²) in [5, 5.41) is 0. The molecule has 500 valence electrons. The minimum absolute atomic E-state index is 0.0109. The lowest BCUT2D eigenvalue weighted by molar-refractivity contribution is 0.394. The molecule has 0 nitrogen and oxygen atoms in total. The summed E-state index contributed by atoms with van der Waals surface area (Å²) in [5.74, 6) is 1.03. The molecule has 0 saturated heterocycles. The molecule has 5 aromatic rings. The molecule has 0 bridgehead atoms. The zero-order valence-corrected chi connectivity index (χ0v) is 58.2. The molecule has 0 heterocycles. The van der Waals surface area contributed by atoms with E-state index in [1.54, 1.807) is 0 Å². The first-order chi connectivity index (χ1) is 43.0. The van der Waals surface area contributed by atoms with Gasteiger partial charge in [-0.05, 0) is 216 Å². The van der Waals surface area contributed by atoms with Crippen LogP contribution in [0.3, 0.4) is 0 Å². The molecule has 0 fully saturated rings. The van der Waals surface area contributed by atoms with Gasteiger partial charge in [-0.3, -0.25) is 22.0 Å². The summed E-state index contributed by atoms with van der Waals surface area (Å²) in [6.45, 7) is 25.0. The Morgan fingerprint density at radius 3 is 0.800 bits per heavy atom. The number of hydrogen-bond donors (Lipinski definition) is 0. The molecule has 0 N–H and O–H groups in total. The van der Waals surface area contributed by atoms with Crippen LogP contribution in [0, 0.1) is 0 Å². The molecule has 0 aliphatic heterocycles. The number of alkyl halides is 5. The van der Waals surface area contributed by atoms with Gasteiger partial charge in [-0.25, -0.2) is 4.39 Å². The van der Waals surface area contributed by atoms with Crippen molar-refractivity contribution in [1.82, 2.24) is 0 Å². The van der Waals surface area contributed by atoms with Crippen LogP contribution in [0.4, 0.5) is 26.3 Å². The number of rotatable bonds is 47. The maximum Gasteiger partial charge on any atom is 0.123 e. The lowest BCUT2D eigenvalue weighted by Gasteiger charge is -2.29. The fourth-order valence-electron chi connectivity index (χ4n) is 14.4. The molecular weight excluding hydrogens is 1120 g/mol. The van der Waals surface area contributed by atoms with Crippen LogP contribution in [-0.4, -0.2) is 33.4 Å². The summed E-state index contributed by atoms with van der Waals surface area (Å²) in [4.78, 5) is 0. The van der Waals surface area contributed by atoms with Crippen LogP contribution in [-0.2, 0) is 27.1 Å². The van der Waals surface area contributed by atoms with Gasteiger partial charge in [0.1, 0.15) is 5.83 Å². The molecule has 0 aromatic heterocycles. The van der Waals surface area contributed by atoms with Gasteiger partial charge in [0, 0.05) is 5.56 Å². The van der Waals surface area contributed by atoms with Crippen molar-refractivity contribution in [2.24, 2.45) is 0 Å². The normalized spacial score (nSPS) is 14.0. The third-order valence-electron chi connectivity index (χ3n) is 21.3. The average Bonchev–Trinajstić information content (AvgIpc) is 2.81. The summed E-state index contributed by atoms with van der Waals surface area (Å²) in [5.41, 5.74) is 12.2. The van der Waals surface area contributed by atoms with E-state index in [1.807, 2.05) is 24.3 Å². The molecule has 5 aromatic carbocycles. The van der Waals surface area contributed by atoms with E-state index >= 15 is 0 Å². The Morgan fingerprint density at radius 2 is 0.500 bits per heavy atom. The van der Waals surface area contributed by atoms with Crippen molar-refractivity contribution < 1.29 is 26.3 Å². The van der Waals surface area contributed by atoms with Crippen LogP contribution in [0.25, 0.3) is 5.83 Å². The number of halogens is 6. The largest absolute Gasteiger partial charge is 0.251 e. The van der Waals surface area contributed by atoms with Crippen LogP contribution >= 0.6 is 0 Å². The SMILES string of the molecule is C=C(F)c1ccc(C(C)(C)CCC(CCCCF)c2ccc(C(C)(C)CCCCC(CCCCCCC(CCCCF)c3ccc(C(C)(C)CCCF)cc3)c3ccc(C(C)(C)CCCCC(CCF)c4ccc(C(C)(C)CCCCF)cc4)cc3)cc2)cc1. The van der Waals surface area contributed by atoms with Gasteiger partial charge in [-0.2, -0.15) is 0 Å². The van der Waals surface area contributed by atoms with E-state index in [4.69, 9.17) is 0 Å². The topological polar surface area (TPSA) is 0 Å². The van der Waals surface area contributed by atoms with Crippen LogP contribution in [0.1, 0.15) is 328 Å². The summed E-state index contributed by atoms with van der Waals surface area (Å²) in [6.07, 6.45) is 27.1. The molecule has 0 amide bonds. The summed E-state index contributed by atoms with van der Waals surface area (Å²) >= 11 is 0. The summed E-state index contributed by atoms with van der Waals surface area (Å²) in [7, 11) is 0. The Hall–Kier alpha value is -4.58. The second-order valence-electron chi connectivity index (χ2n) is 30.5. The molecule has 0 saturated carbocycles. The maximum absolute atomic E-state index is 14.0. The number of hydrogen-bond acceptors (Lipinski definition) is 0. The summed E-state index contributed by atoms with van der Waals surface area (Å²) in [6, 6.07) is 44.7. The predicted octanol–water partition coefficient (Wildman–Crippen LogP) is 26.9. The minimum Gasteiger partial charge on any atom is -0.251 e. The monoisotopic (exact) mass is 1240 g/mol. The van der Waals surface area contributed by atoms with Crippen molar-refractivity contribution in [3.8, 4) is 0 Å². The molecule has 0 spiro atoms. The maximum atomic E-state index is 14.0. The molecule has 90 heavy (non-hydrogen) atoms. The van der Waals surface area contributed by atoms with Crippen molar-refractivity contribution in [2.45, 2.75) is 300 Å². The Kier molecular flexibility index (Phi) is 32.6. The summed E-state index contributed by atoms with van der Waals surface area (Å²) < 4.78 is 80.4. The molecule has 5 rings (SSSR count). The fourth-order valence-corrected chi connectivity index (χ4v) is 14.4. The standard InChI is InChI=1S/C84H122F6/c1-65(90)66-33-43-79(44-34-66)84(10,11)59-53-69(32-19-24-61-86)73-39-49-76(50-40-73)80(2,3)55-20-16-29-67(27-14-12-13-15-28-68(31-18-23-60-85)72-37-47-78(48-38-72)83(8,9)58-26-63-88)71-35-45-75(46-36-71)81(4,5)56-21-17-30-70(54-64-89)74-41-51-77(52-42-74)82(6,7)57-22-25-62-87/h33-52,67-70H,1,12-32,53-64H2,2-11H3. The van der Waals surface area contributed by atoms with Crippen molar-refractivity contribution in [1.29, 1.82) is 0 Å². The Morgan fingerprint density at radius 1 is 0.267 bits per heavy atom. The third-order valence-corrected chi connectivity index (χ3v) is 21.3. The number of benzene rings is 5. The average molecular weight is 1250 g/mol. The van der Waals surface area contributed by atoms with Crippen LogP contribution in [0.5, 0.6) is 0 Å². The third kappa shape index (κ3) is 25.0. The smallest absolute Gasteiger partial charge is 0.123 e. The van der Waals surface area contributed by atoms with Gasteiger partial charge in [0.25, 0.3) is 0 Å². The van der Waals surface area contributed by atoms with Crippen LogP contribution < -0.4 is 0 Å². The lowest BCUT2D eigenvalue weighted by Crippen LogP contribution is -2.19. The Bertz CT molecular complexity index is 2710. The van der Waals surface area contributed by atoms with E-state index in [1.165, 1.54) is 75.8 Å². The molecule has 4 atom stereocenters. The van der Waals surface area contributed by atoms with Gasteiger partial charge < -0.3 is 0 Å². The van der Waals surface area contributed by atoms with Crippen molar-refractivity contribution in [3.63, 3.8) is 0 Å². The highest BCUT2D eigenvalue weighted by atomic mass is 19.1. The van der Waals surface area contributed by atoms with E-state index in [-0.39, 0.29) is 66.4 Å². The predicted molar refractivity (Wildman–Crippen MR) is 378 cm³/mol. The van der Waals surface area contributed by atoms with Gasteiger partial charge in [0.15, 0.2) is 0 Å². The van der Waals surface area contributed by atoms with Crippen molar-refractivity contribution >= 4 is 5.83 Å². The molecule has 0 radical (unpaired) electrons. The first-order valence-electron chi connectivity index (χ1n) is 35.7. The van der Waals surface area contributed by atoms with E-state index in [2.05, 4.69) is 173 Å². The van der Waals surface area contributed by atoms with Gasteiger partial charge in [-0.15, -0.1) is 0 Å². The minimum atomic E-state index is -0.415. The quantitative estimate of drug-likeness (QED) is 0.0269. The number of unbranched alkanes of at least 4 members (excludes halogenated alkanes) is 8. The van der Waals surface area contributed by atoms with Crippen LogP contribution in [0.15, 0.2) is 128 Å². The van der Waals surface area contributed by atoms with Gasteiger partial charge >= 0.3 is 0 Å².